The molecule has 0 spiro atoms. The van der Waals surface area contributed by atoms with E-state index in [0.717, 1.165) is 12.1 Å². The standard InChI is InChI=1S/C37H24F13OSi/c1-11(2)52(12(3)4,13(5)6)51-37-34(48)24-23(33(47)36(37)50)29(43)22-21(28(24)42)20(31(45)35(49)32(22)46)16-8-7-14-9-15-10-17(38)26(40)30(44)19(15)27(41)18(14)25(16)39/h7-9,11-13H,1-6H3. The molecule has 0 bridgehead atoms. The van der Waals surface area contributed by atoms with E-state index in [4.69, 9.17) is 4.43 Å². The molecule has 0 saturated carbocycles. The average Bonchev–Trinajstić information content (AvgIpc) is 3.06. The molecular formula is C37H24F13OSi. The minimum Gasteiger partial charge on any atom is -0.539 e. The Morgan fingerprint density at radius 3 is 1.52 bits per heavy atom. The highest BCUT2D eigenvalue weighted by atomic mass is 28.4. The zero-order valence-corrected chi connectivity index (χ0v) is 28.8. The molecule has 6 aromatic carbocycles. The van der Waals surface area contributed by atoms with Crippen molar-refractivity contribution in [3.63, 3.8) is 0 Å². The molecule has 1 radical (unpaired) electrons. The maximum atomic E-state index is 16.7. The minimum atomic E-state index is -3.38. The van der Waals surface area contributed by atoms with Gasteiger partial charge in [0, 0.05) is 22.6 Å². The first-order chi connectivity index (χ1) is 24.2. The zero-order valence-electron chi connectivity index (χ0n) is 27.8. The third-order valence-electron chi connectivity index (χ3n) is 9.77. The molecule has 6 aromatic rings. The maximum Gasteiger partial charge on any atom is 0.259 e. The maximum absolute atomic E-state index is 16.7. The van der Waals surface area contributed by atoms with Crippen LogP contribution < -0.4 is 4.43 Å². The summed E-state index contributed by atoms with van der Waals surface area (Å²) in [6.07, 6.45) is 0. The summed E-state index contributed by atoms with van der Waals surface area (Å²) in [5.41, 5.74) is -4.17. The molecule has 6 rings (SSSR count). The fourth-order valence-corrected chi connectivity index (χ4v) is 12.8. The van der Waals surface area contributed by atoms with Crippen molar-refractivity contribution in [2.45, 2.75) is 58.2 Å². The number of hydrogen-bond donors (Lipinski definition) is 0. The number of fused-ring (bicyclic) bond motifs is 4. The molecule has 0 heterocycles. The van der Waals surface area contributed by atoms with Gasteiger partial charge in [0.2, 0.25) is 5.82 Å². The van der Waals surface area contributed by atoms with Crippen LogP contribution in [0.3, 0.4) is 0 Å². The van der Waals surface area contributed by atoms with E-state index in [1.165, 1.54) is 0 Å². The second-order valence-electron chi connectivity index (χ2n) is 13.3. The van der Waals surface area contributed by atoms with E-state index in [-0.39, 0.29) is 0 Å². The van der Waals surface area contributed by atoms with E-state index in [1.54, 1.807) is 47.6 Å². The van der Waals surface area contributed by atoms with E-state index < -0.39 is 161 Å². The Morgan fingerprint density at radius 1 is 0.462 bits per heavy atom. The Labute approximate surface area is 287 Å². The van der Waals surface area contributed by atoms with E-state index >= 15 is 43.9 Å². The van der Waals surface area contributed by atoms with Crippen molar-refractivity contribution in [1.29, 1.82) is 0 Å². The fourth-order valence-electron chi connectivity index (χ4n) is 7.55. The summed E-state index contributed by atoms with van der Waals surface area (Å²) in [5.74, 6) is -29.8. The number of hydrogen-bond acceptors (Lipinski definition) is 1. The Kier molecular flexibility index (Phi) is 8.99. The van der Waals surface area contributed by atoms with Gasteiger partial charge >= 0.3 is 0 Å². The van der Waals surface area contributed by atoms with Gasteiger partial charge in [-0.25, -0.2) is 52.7 Å². The molecule has 0 atom stereocenters. The van der Waals surface area contributed by atoms with Crippen molar-refractivity contribution < 1.29 is 61.5 Å². The number of halogens is 13. The van der Waals surface area contributed by atoms with Crippen LogP contribution in [0.4, 0.5) is 57.1 Å². The third-order valence-corrected chi connectivity index (χ3v) is 15.7. The summed E-state index contributed by atoms with van der Waals surface area (Å²) in [4.78, 5) is 0. The Hall–Kier alpha value is -4.53. The van der Waals surface area contributed by atoms with Crippen LogP contribution in [0.5, 0.6) is 5.75 Å². The normalized spacial score (nSPS) is 12.7. The molecule has 0 saturated heterocycles. The monoisotopic (exact) mass is 759 g/mol. The molecule has 0 fully saturated rings. The predicted molar refractivity (Wildman–Crippen MR) is 172 cm³/mol. The molecule has 0 unspecified atom stereocenters. The van der Waals surface area contributed by atoms with Gasteiger partial charge in [-0.2, -0.15) is 4.39 Å². The van der Waals surface area contributed by atoms with Gasteiger partial charge in [0.25, 0.3) is 8.32 Å². The Morgan fingerprint density at radius 2 is 0.942 bits per heavy atom. The molecule has 0 aliphatic rings. The SMILES string of the molecule is CC(C)[Si](Oc1c(F)c(F)c2c(F)c3c(F)c(F)c(F)c(-c4ccc5cc6[c]c(F)c(F)c(F)c6c(F)c5c4F)c3c(F)c2c1F)(C(C)C)C(C)C. The van der Waals surface area contributed by atoms with E-state index in [1.807, 2.05) is 0 Å². The lowest BCUT2D eigenvalue weighted by Crippen LogP contribution is -2.51. The third kappa shape index (κ3) is 4.90. The van der Waals surface area contributed by atoms with Gasteiger partial charge < -0.3 is 4.43 Å². The van der Waals surface area contributed by atoms with Crippen LogP contribution in [0.2, 0.25) is 16.6 Å². The van der Waals surface area contributed by atoms with Gasteiger partial charge in [-0.3, -0.25) is 0 Å². The van der Waals surface area contributed by atoms with Crippen LogP contribution >= 0.6 is 0 Å². The predicted octanol–water partition coefficient (Wildman–Crippen LogP) is 13.1. The quantitative estimate of drug-likeness (QED) is 0.0540. The lowest BCUT2D eigenvalue weighted by Gasteiger charge is -2.42. The summed E-state index contributed by atoms with van der Waals surface area (Å²) >= 11 is 0. The van der Waals surface area contributed by atoms with Gasteiger partial charge in [-0.1, -0.05) is 53.7 Å². The summed E-state index contributed by atoms with van der Waals surface area (Å²) in [6.45, 7) is 10.1. The molecular weight excluding hydrogens is 735 g/mol. The highest BCUT2D eigenvalue weighted by molar-refractivity contribution is 6.78. The molecule has 0 amide bonds. The van der Waals surface area contributed by atoms with Crippen LogP contribution in [0, 0.1) is 81.7 Å². The summed E-state index contributed by atoms with van der Waals surface area (Å²) < 4.78 is 207. The number of rotatable bonds is 6. The summed E-state index contributed by atoms with van der Waals surface area (Å²) in [6, 6.07) is 3.81. The van der Waals surface area contributed by atoms with Gasteiger partial charge in [-0.15, -0.1) is 0 Å². The molecule has 52 heavy (non-hydrogen) atoms. The average molecular weight is 760 g/mol. The van der Waals surface area contributed by atoms with Crippen LogP contribution in [-0.2, 0) is 0 Å². The van der Waals surface area contributed by atoms with E-state index in [2.05, 4.69) is 0 Å². The molecule has 0 N–H and O–H groups in total. The van der Waals surface area contributed by atoms with Crippen LogP contribution in [0.25, 0.3) is 54.2 Å². The lowest BCUT2D eigenvalue weighted by atomic mass is 9.90. The van der Waals surface area contributed by atoms with E-state index in [0.29, 0.717) is 6.07 Å². The van der Waals surface area contributed by atoms with E-state index in [9.17, 15) is 13.2 Å². The highest BCUT2D eigenvalue weighted by Gasteiger charge is 2.48. The first-order valence-electron chi connectivity index (χ1n) is 15.7. The topological polar surface area (TPSA) is 9.23 Å². The summed E-state index contributed by atoms with van der Waals surface area (Å²) in [7, 11) is -3.38. The van der Waals surface area contributed by atoms with Crippen molar-refractivity contribution in [3.8, 4) is 16.9 Å². The smallest absolute Gasteiger partial charge is 0.259 e. The minimum absolute atomic E-state index is 0.392. The van der Waals surface area contributed by atoms with Crippen LogP contribution in [-0.4, -0.2) is 8.32 Å². The fraction of sp³-hybridized carbons (Fsp3) is 0.243. The van der Waals surface area contributed by atoms with Crippen LogP contribution in [0.15, 0.2) is 18.2 Å². The number of benzene rings is 6. The first kappa shape index (κ1) is 37.2. The van der Waals surface area contributed by atoms with Crippen molar-refractivity contribution in [2.75, 3.05) is 0 Å². The first-order valence-corrected chi connectivity index (χ1v) is 17.8. The second-order valence-corrected chi connectivity index (χ2v) is 18.7. The van der Waals surface area contributed by atoms with Gasteiger partial charge in [0.05, 0.1) is 26.9 Å². The summed E-state index contributed by atoms with van der Waals surface area (Å²) in [5, 5.41) is -11.0. The lowest BCUT2D eigenvalue weighted by molar-refractivity contribution is 0.398. The Balaban J connectivity index is 1.78. The van der Waals surface area contributed by atoms with Gasteiger partial charge in [0.1, 0.15) is 23.3 Å². The van der Waals surface area contributed by atoms with Crippen LogP contribution in [0.1, 0.15) is 41.5 Å². The largest absolute Gasteiger partial charge is 0.539 e. The van der Waals surface area contributed by atoms with Gasteiger partial charge in [-0.05, 0) is 33.5 Å². The second kappa shape index (κ2) is 12.6. The molecule has 273 valence electrons. The molecule has 1 nitrogen and oxygen atoms in total. The van der Waals surface area contributed by atoms with Gasteiger partial charge in [0.15, 0.2) is 52.3 Å². The molecule has 0 aromatic heterocycles. The van der Waals surface area contributed by atoms with Crippen molar-refractivity contribution in [3.05, 3.63) is 99.9 Å². The molecule has 0 aliphatic carbocycles. The van der Waals surface area contributed by atoms with Crippen molar-refractivity contribution >= 4 is 51.4 Å². The molecule has 15 heteroatoms. The Bertz CT molecular complexity index is 2510. The highest BCUT2D eigenvalue weighted by Crippen LogP contribution is 2.49. The molecule has 0 aliphatic heterocycles. The zero-order chi connectivity index (χ0) is 38.6. The van der Waals surface area contributed by atoms with Crippen molar-refractivity contribution in [1.82, 2.24) is 0 Å². The van der Waals surface area contributed by atoms with Crippen molar-refractivity contribution in [2.24, 2.45) is 0 Å².